The van der Waals surface area contributed by atoms with Crippen LogP contribution in [0.5, 0.6) is 0 Å². The number of anilines is 1. The van der Waals surface area contributed by atoms with E-state index in [1.54, 1.807) is 22.9 Å². The number of likely N-dealkylation sites (N-methyl/N-ethyl adjacent to an activating group) is 1. The summed E-state index contributed by atoms with van der Waals surface area (Å²) in [5.41, 5.74) is 6.02. The molecule has 9 saturated heterocycles. The van der Waals surface area contributed by atoms with E-state index in [9.17, 15) is 13.6 Å². The summed E-state index contributed by atoms with van der Waals surface area (Å²) in [5, 5.41) is 0. The van der Waals surface area contributed by atoms with Gasteiger partial charge in [-0.3, -0.25) is 29.3 Å². The fourth-order valence-corrected chi connectivity index (χ4v) is 17.2. The lowest BCUT2D eigenvalue weighted by molar-refractivity contribution is -0.0764. The van der Waals surface area contributed by atoms with Crippen molar-refractivity contribution < 1.29 is 18.3 Å². The number of hydrogen-bond acceptors (Lipinski definition) is 15. The molecule has 0 aliphatic carbocycles. The van der Waals surface area contributed by atoms with Crippen molar-refractivity contribution >= 4 is 5.69 Å². The predicted octanol–water partition coefficient (Wildman–Crippen LogP) is 20.3. The number of piperazine rings is 1. The number of nitrogens with zero attached hydrogens (tertiary/aromatic N) is 13. The predicted molar refractivity (Wildman–Crippen MR) is 516 cm³/mol. The van der Waals surface area contributed by atoms with E-state index >= 15 is 0 Å². The third kappa shape index (κ3) is 45.8. The van der Waals surface area contributed by atoms with E-state index in [1.807, 2.05) is 38.7 Å². The zero-order valence-corrected chi connectivity index (χ0v) is 83.7. The van der Waals surface area contributed by atoms with Crippen molar-refractivity contribution in [2.75, 3.05) is 163 Å². The quantitative estimate of drug-likeness (QED) is 0.173. The monoisotopic (exact) mass is 1690 g/mol. The molecule has 4 atom stereocenters. The van der Waals surface area contributed by atoms with Crippen LogP contribution in [0.2, 0.25) is 0 Å². The SMILES string of the molecule is CC(C)N1CCC1.CC(C)N1CCCC(F)(F)C1.CC(C)N1CCCC1.CC(C)N1CCCCC1.CC(C)N1CCN(C)CC1.CC(C)N1CCOCC1.CC(C)N1CCc2ccccc21.CC(C)N1Cc2ccccc2C1.CC(C)n1ccccc1=O.CC1CC(C)CN(C(C)C)C1.CC1CCN(C(C)C)CC1.CC1CN(C(C)C)CC(C)O1. The standard InChI is InChI=1S/2C11H15N.C10H21N.C9H19NO.C9H19N.C8H15F2N.C8H18N2.C8H11NO.C8H17N.C7H15NO.C7H15N.C6H13N/c1-9(2)12-7-10-5-3-4-6-11(10)8-12;1-9(2)12-8-7-10-5-3-4-6-11(10)12;1-8(2)11-6-9(3)5-10(4)7-11;1-7(2)10-5-8(3)11-9(4)6-10;1-8(2)10-6-4-9(3)5-7-10;1-7(2)11-5-3-4-8(9,10)6-11;1-8(2)10-6-4-9(3)5-7-10;1-7(2)9-6-4-3-5-8(9)10;1-8(2)9-6-4-3-5-7-9;1-7(2)8-3-5-9-6-4-8;1-7(2)8-5-3-4-6-8;1-6(2)7-4-3-5-7/h2*3-6,9H,7-8H2,1-2H3;8-10H,5-7H2,1-4H3;7-9H,5-6H2,1-4H3;8-9H,4-7H2,1-3H3;7H,3-6H2,1-2H3;8H,4-7H2,1-3H3;3-7H,1-2H3;8H,3-7H2,1-2H3;7H,3-6H2,1-2H3;7H,3-6H2,1-2H3;6H,3-5H2,1-2H3. The van der Waals surface area contributed by atoms with Gasteiger partial charge in [0.15, 0.2) is 0 Å². The number of alkyl halides is 2. The van der Waals surface area contributed by atoms with Gasteiger partial charge in [0.25, 0.3) is 11.5 Å². The second-order valence-electron chi connectivity index (χ2n) is 40.3. The molecule has 2 aromatic carbocycles. The Hall–Kier alpha value is -3.47. The molecule has 0 amide bonds. The van der Waals surface area contributed by atoms with E-state index in [1.165, 1.54) is 185 Å². The molecular weight excluding hydrogens is 1490 g/mol. The molecule has 9 fully saturated rings. The lowest BCUT2D eigenvalue weighted by Crippen LogP contribution is -2.48. The van der Waals surface area contributed by atoms with Crippen molar-refractivity contribution in [3.63, 3.8) is 0 Å². The maximum atomic E-state index is 12.8. The summed E-state index contributed by atoms with van der Waals surface area (Å²) in [7, 11) is 2.19. The lowest BCUT2D eigenvalue weighted by Gasteiger charge is -2.37. The Kier molecular flexibility index (Phi) is 55.6. The van der Waals surface area contributed by atoms with Gasteiger partial charge >= 0.3 is 0 Å². The first-order valence-electron chi connectivity index (χ1n) is 48.9. The Morgan fingerprint density at radius 2 is 0.725 bits per heavy atom. The molecule has 11 aliphatic rings. The van der Waals surface area contributed by atoms with Crippen LogP contribution in [0, 0.1) is 17.8 Å². The minimum absolute atomic E-state index is 0.0509. The topological polar surface area (TPSA) is 79.3 Å². The largest absolute Gasteiger partial charge is 0.379 e. The number of aromatic nitrogens is 1. The molecule has 0 bridgehead atoms. The second-order valence-corrected chi connectivity index (χ2v) is 40.3. The molecule has 18 heteroatoms. The Bertz CT molecular complexity index is 2920. The van der Waals surface area contributed by atoms with Crippen LogP contribution in [0.3, 0.4) is 0 Å². The van der Waals surface area contributed by atoms with Crippen LogP contribution in [0.4, 0.5) is 14.5 Å². The molecule has 0 spiro atoms. The third-order valence-electron chi connectivity index (χ3n) is 25.7. The summed E-state index contributed by atoms with van der Waals surface area (Å²) in [4.78, 5) is 40.4. The Balaban J connectivity index is 0.000000339. The first kappa shape index (κ1) is 111. The van der Waals surface area contributed by atoms with Crippen LogP contribution < -0.4 is 10.5 Å². The van der Waals surface area contributed by atoms with Crippen molar-refractivity contribution in [1.29, 1.82) is 0 Å². The van der Waals surface area contributed by atoms with E-state index in [2.05, 4.69) is 283 Å². The number of fused-ring (bicyclic) bond motifs is 2. The first-order valence-corrected chi connectivity index (χ1v) is 48.9. The Morgan fingerprint density at radius 1 is 0.350 bits per heavy atom. The van der Waals surface area contributed by atoms with Gasteiger partial charge in [0.2, 0.25) is 0 Å². The molecule has 0 saturated carbocycles. The summed E-state index contributed by atoms with van der Waals surface area (Å²) < 4.78 is 38.1. The maximum absolute atomic E-state index is 12.8. The minimum atomic E-state index is -2.44. The summed E-state index contributed by atoms with van der Waals surface area (Å²) in [6.07, 6.45) is 17.3. The van der Waals surface area contributed by atoms with Crippen LogP contribution in [-0.4, -0.2) is 301 Å². The summed E-state index contributed by atoms with van der Waals surface area (Å²) in [6, 6.07) is 30.3. The number of morpholine rings is 2. The van der Waals surface area contributed by atoms with Crippen molar-refractivity contribution in [1.82, 2.24) is 58.5 Å². The zero-order valence-electron chi connectivity index (χ0n) is 83.7. The summed E-state index contributed by atoms with van der Waals surface area (Å²) >= 11 is 0. The lowest BCUT2D eigenvalue weighted by atomic mass is 9.91. The van der Waals surface area contributed by atoms with Crippen molar-refractivity contribution in [2.24, 2.45) is 17.8 Å². The summed E-state index contributed by atoms with van der Waals surface area (Å²) in [5.74, 6) is 0.333. The van der Waals surface area contributed by atoms with Crippen molar-refractivity contribution in [3.8, 4) is 0 Å². The van der Waals surface area contributed by atoms with Gasteiger partial charge in [0, 0.05) is 182 Å². The highest BCUT2D eigenvalue weighted by Gasteiger charge is 2.36. The molecule has 698 valence electrons. The number of para-hydroxylation sites is 1. The third-order valence-corrected chi connectivity index (χ3v) is 25.7. The average molecular weight is 1690 g/mol. The highest BCUT2D eigenvalue weighted by molar-refractivity contribution is 5.58. The molecule has 1 aromatic heterocycles. The Morgan fingerprint density at radius 3 is 1.09 bits per heavy atom. The van der Waals surface area contributed by atoms with Crippen molar-refractivity contribution in [2.45, 2.75) is 382 Å². The summed E-state index contributed by atoms with van der Waals surface area (Å²) in [6.45, 7) is 93.2. The molecule has 14 rings (SSSR count). The molecule has 3 aromatic rings. The number of likely N-dealkylation sites (tertiary alicyclic amines) is 6. The van der Waals surface area contributed by atoms with E-state index in [4.69, 9.17) is 9.47 Å². The van der Waals surface area contributed by atoms with E-state index in [0.717, 1.165) is 113 Å². The molecule has 0 radical (unpaired) electrons. The Labute approximate surface area is 740 Å². The molecule has 120 heavy (non-hydrogen) atoms. The molecule has 12 heterocycles. The number of pyridine rings is 1. The zero-order chi connectivity index (χ0) is 89.8. The normalized spacial score (nSPS) is 23.1. The number of piperidine rings is 4. The minimum Gasteiger partial charge on any atom is -0.379 e. The molecule has 16 nitrogen and oxygen atoms in total. The smallest absolute Gasteiger partial charge is 0.260 e. The van der Waals surface area contributed by atoms with Gasteiger partial charge in [-0.15, -0.1) is 0 Å². The van der Waals surface area contributed by atoms with Gasteiger partial charge in [0.05, 0.1) is 32.0 Å². The van der Waals surface area contributed by atoms with Gasteiger partial charge in [0.1, 0.15) is 0 Å². The van der Waals surface area contributed by atoms with Crippen LogP contribution in [-0.2, 0) is 29.0 Å². The molecular formula is C102H193F2N13O3. The van der Waals surface area contributed by atoms with Gasteiger partial charge in [-0.2, -0.15) is 0 Å². The number of benzene rings is 2. The van der Waals surface area contributed by atoms with Crippen LogP contribution in [0.1, 0.15) is 294 Å². The van der Waals surface area contributed by atoms with Gasteiger partial charge in [-0.1, -0.05) is 75.7 Å². The highest BCUT2D eigenvalue weighted by Crippen LogP contribution is 2.31. The number of hydrogen-bond donors (Lipinski definition) is 0. The van der Waals surface area contributed by atoms with Crippen LogP contribution in [0.15, 0.2) is 77.7 Å². The van der Waals surface area contributed by atoms with Crippen molar-refractivity contribution in [3.05, 3.63) is 100.0 Å². The number of rotatable bonds is 12. The average Bonchev–Trinajstić information content (AvgIpc) is 1.69. The fourth-order valence-electron chi connectivity index (χ4n) is 17.2. The number of halogens is 2. The first-order chi connectivity index (χ1) is 56.6. The molecule has 11 aliphatic heterocycles. The molecule has 0 N–H and O–H groups in total. The highest BCUT2D eigenvalue weighted by atomic mass is 19.3. The van der Waals surface area contributed by atoms with Crippen LogP contribution in [0.25, 0.3) is 0 Å². The second kappa shape index (κ2) is 60.3. The van der Waals surface area contributed by atoms with Crippen LogP contribution >= 0.6 is 0 Å². The van der Waals surface area contributed by atoms with E-state index in [0.29, 0.717) is 42.8 Å². The van der Waals surface area contributed by atoms with Gasteiger partial charge in [-0.25, -0.2) is 8.78 Å². The maximum Gasteiger partial charge on any atom is 0.260 e. The van der Waals surface area contributed by atoms with Gasteiger partial charge < -0.3 is 48.3 Å². The number of ether oxygens (including phenoxy) is 2. The fraction of sp³-hybridized carbons (Fsp3) is 0.833. The van der Waals surface area contributed by atoms with Gasteiger partial charge in [-0.05, 0) is 357 Å². The van der Waals surface area contributed by atoms with E-state index < -0.39 is 5.92 Å². The molecule has 4 unspecified atom stereocenters. The van der Waals surface area contributed by atoms with E-state index in [-0.39, 0.29) is 30.6 Å².